The van der Waals surface area contributed by atoms with Crippen LogP contribution in [0.5, 0.6) is 0 Å². The van der Waals surface area contributed by atoms with Gasteiger partial charge in [0.15, 0.2) is 0 Å². The highest BCUT2D eigenvalue weighted by Gasteiger charge is 1.91. The molecule has 0 atom stereocenters. The van der Waals surface area contributed by atoms with Gasteiger partial charge >= 0.3 is 12.2 Å². The van der Waals surface area contributed by atoms with E-state index in [1.165, 1.54) is 11.0 Å². The molecule has 0 heterocycles. The summed E-state index contributed by atoms with van der Waals surface area (Å²) in [6.45, 7) is 3.84. The minimum absolute atomic E-state index is 0.270. The van der Waals surface area contributed by atoms with Crippen LogP contribution < -0.4 is 11.0 Å². The number of ether oxygens (including phenoxy) is 2. The number of amides is 2. The Balaban J connectivity index is 0. The lowest BCUT2D eigenvalue weighted by molar-refractivity contribution is 0.0926. The standard InChI is InChI=1S/2C3H7NO3/c2*1-2-7-3(5)4-6/h2*6H,2H2,1H3,(H,4,5). The third kappa shape index (κ3) is 13.1. The lowest BCUT2D eigenvalue weighted by Crippen LogP contribution is -2.19. The number of rotatable bonds is 2. The van der Waals surface area contributed by atoms with Crippen molar-refractivity contribution in [1.29, 1.82) is 0 Å². The molecule has 8 nitrogen and oxygen atoms in total. The normalized spacial score (nSPS) is 7.71. The summed E-state index contributed by atoms with van der Waals surface area (Å²) < 4.78 is 8.38. The van der Waals surface area contributed by atoms with Gasteiger partial charge in [0.25, 0.3) is 0 Å². The lowest BCUT2D eigenvalue weighted by atomic mass is 10.9. The maximum Gasteiger partial charge on any atom is 0.431 e. The highest BCUT2D eigenvalue weighted by Crippen LogP contribution is 1.70. The quantitative estimate of drug-likeness (QED) is 0.383. The zero-order valence-electron chi connectivity index (χ0n) is 7.94. The van der Waals surface area contributed by atoms with Crippen LogP contribution in [0, 0.1) is 0 Å². The zero-order valence-corrected chi connectivity index (χ0v) is 7.94. The first-order valence-electron chi connectivity index (χ1n) is 3.76. The van der Waals surface area contributed by atoms with Crippen LogP contribution in [0.4, 0.5) is 9.59 Å². The van der Waals surface area contributed by atoms with Crippen LogP contribution in [0.2, 0.25) is 0 Å². The van der Waals surface area contributed by atoms with Crippen LogP contribution in [-0.4, -0.2) is 35.8 Å². The van der Waals surface area contributed by atoms with Gasteiger partial charge in [-0.15, -0.1) is 0 Å². The average Bonchev–Trinajstić information content (AvgIpc) is 2.19. The highest BCUT2D eigenvalue weighted by atomic mass is 16.6. The minimum Gasteiger partial charge on any atom is -0.448 e. The van der Waals surface area contributed by atoms with E-state index < -0.39 is 12.2 Å². The summed E-state index contributed by atoms with van der Waals surface area (Å²) in [6.07, 6.45) is -1.63. The number of nitrogens with one attached hydrogen (secondary N) is 2. The molecule has 0 saturated carbocycles. The second-order valence-corrected chi connectivity index (χ2v) is 1.66. The molecular formula is C6H14N2O6. The van der Waals surface area contributed by atoms with Gasteiger partial charge in [-0.3, -0.25) is 10.4 Å². The van der Waals surface area contributed by atoms with E-state index in [4.69, 9.17) is 10.4 Å². The van der Waals surface area contributed by atoms with Gasteiger partial charge in [0.05, 0.1) is 13.2 Å². The fraction of sp³-hybridized carbons (Fsp3) is 0.667. The maximum atomic E-state index is 9.83. The van der Waals surface area contributed by atoms with Gasteiger partial charge in [-0.05, 0) is 13.8 Å². The largest absolute Gasteiger partial charge is 0.448 e. The molecule has 0 fully saturated rings. The third-order valence-electron chi connectivity index (χ3n) is 0.733. The Labute approximate surface area is 80.7 Å². The molecule has 0 radical (unpaired) electrons. The Bertz CT molecular complexity index is 144. The Hall–Kier alpha value is -1.54. The Morgan fingerprint density at radius 1 is 1.00 bits per heavy atom. The molecule has 8 heteroatoms. The van der Waals surface area contributed by atoms with E-state index in [0.29, 0.717) is 0 Å². The molecule has 4 N–H and O–H groups in total. The van der Waals surface area contributed by atoms with Crippen LogP contribution >= 0.6 is 0 Å². The van der Waals surface area contributed by atoms with E-state index in [0.717, 1.165) is 0 Å². The molecule has 0 aromatic heterocycles. The van der Waals surface area contributed by atoms with Gasteiger partial charge in [-0.1, -0.05) is 0 Å². The molecular weight excluding hydrogens is 196 g/mol. The van der Waals surface area contributed by atoms with Gasteiger partial charge in [-0.2, -0.15) is 0 Å². The summed E-state index contributed by atoms with van der Waals surface area (Å²) in [6, 6.07) is 0. The second kappa shape index (κ2) is 11.5. The number of carbonyl (C=O) groups excluding carboxylic acids is 2. The monoisotopic (exact) mass is 210 g/mol. The number of hydroxylamine groups is 2. The molecule has 0 aromatic rings. The molecule has 0 spiro atoms. The van der Waals surface area contributed by atoms with Gasteiger partial charge < -0.3 is 9.47 Å². The van der Waals surface area contributed by atoms with E-state index in [-0.39, 0.29) is 13.2 Å². The van der Waals surface area contributed by atoms with Crippen molar-refractivity contribution in [1.82, 2.24) is 11.0 Å². The van der Waals surface area contributed by atoms with Crippen LogP contribution in [0.3, 0.4) is 0 Å². The molecule has 0 saturated heterocycles. The Morgan fingerprint density at radius 2 is 1.29 bits per heavy atom. The van der Waals surface area contributed by atoms with Crippen LogP contribution in [0.25, 0.3) is 0 Å². The molecule has 14 heavy (non-hydrogen) atoms. The number of hydrogen-bond acceptors (Lipinski definition) is 6. The van der Waals surface area contributed by atoms with E-state index >= 15 is 0 Å². The van der Waals surface area contributed by atoms with Crippen molar-refractivity contribution in [2.45, 2.75) is 13.8 Å². The van der Waals surface area contributed by atoms with Crippen molar-refractivity contribution in [3.05, 3.63) is 0 Å². The summed E-state index contributed by atoms with van der Waals surface area (Å²) in [4.78, 5) is 19.7. The van der Waals surface area contributed by atoms with Crippen molar-refractivity contribution < 1.29 is 29.5 Å². The Morgan fingerprint density at radius 3 is 1.36 bits per heavy atom. The molecule has 0 aliphatic carbocycles. The first-order valence-corrected chi connectivity index (χ1v) is 3.76. The fourth-order valence-electron chi connectivity index (χ4n) is 0.327. The van der Waals surface area contributed by atoms with E-state index in [1.807, 2.05) is 0 Å². The molecule has 0 aliphatic heterocycles. The minimum atomic E-state index is -0.817. The first kappa shape index (κ1) is 15.0. The van der Waals surface area contributed by atoms with E-state index in [2.05, 4.69) is 9.47 Å². The predicted molar refractivity (Wildman–Crippen MR) is 43.9 cm³/mol. The fourth-order valence-corrected chi connectivity index (χ4v) is 0.327. The molecule has 84 valence electrons. The number of hydrogen-bond donors (Lipinski definition) is 4. The van der Waals surface area contributed by atoms with Gasteiger partial charge in [-0.25, -0.2) is 20.5 Å². The Kier molecular flexibility index (Phi) is 12.2. The predicted octanol–water partition coefficient (Wildman–Crippen LogP) is 0.243. The number of carbonyl (C=O) groups is 2. The van der Waals surface area contributed by atoms with Gasteiger partial charge in [0.2, 0.25) is 0 Å². The average molecular weight is 210 g/mol. The maximum absolute atomic E-state index is 9.83. The molecule has 0 rings (SSSR count). The van der Waals surface area contributed by atoms with Crippen LogP contribution in [0.15, 0.2) is 0 Å². The molecule has 0 aliphatic rings. The molecule has 0 bridgehead atoms. The summed E-state index contributed by atoms with van der Waals surface area (Å²) >= 11 is 0. The molecule has 0 unspecified atom stereocenters. The highest BCUT2D eigenvalue weighted by molar-refractivity contribution is 5.65. The van der Waals surface area contributed by atoms with E-state index in [1.54, 1.807) is 13.8 Å². The summed E-state index contributed by atoms with van der Waals surface area (Å²) in [5.41, 5.74) is 2.61. The second-order valence-electron chi connectivity index (χ2n) is 1.66. The summed E-state index contributed by atoms with van der Waals surface area (Å²) in [5.74, 6) is 0. The van der Waals surface area contributed by atoms with Crippen molar-refractivity contribution in [2.24, 2.45) is 0 Å². The van der Waals surface area contributed by atoms with Crippen molar-refractivity contribution >= 4 is 12.2 Å². The van der Waals surface area contributed by atoms with Gasteiger partial charge in [0.1, 0.15) is 0 Å². The summed E-state index contributed by atoms with van der Waals surface area (Å²) in [5, 5.41) is 15.5. The lowest BCUT2D eigenvalue weighted by Gasteiger charge is -1.94. The van der Waals surface area contributed by atoms with E-state index in [9.17, 15) is 9.59 Å². The third-order valence-corrected chi connectivity index (χ3v) is 0.733. The zero-order chi connectivity index (χ0) is 11.4. The molecule has 0 aromatic carbocycles. The van der Waals surface area contributed by atoms with Crippen LogP contribution in [-0.2, 0) is 9.47 Å². The van der Waals surface area contributed by atoms with Crippen LogP contribution in [0.1, 0.15) is 13.8 Å². The van der Waals surface area contributed by atoms with Crippen molar-refractivity contribution in [2.75, 3.05) is 13.2 Å². The smallest absolute Gasteiger partial charge is 0.431 e. The van der Waals surface area contributed by atoms with Crippen molar-refractivity contribution in [3.8, 4) is 0 Å². The molecule has 2 amide bonds. The van der Waals surface area contributed by atoms with Crippen molar-refractivity contribution in [3.63, 3.8) is 0 Å². The summed E-state index contributed by atoms with van der Waals surface area (Å²) in [7, 11) is 0. The first-order chi connectivity index (χ1) is 6.62. The SMILES string of the molecule is CCOC(=O)NO.CCOC(=O)NO. The van der Waals surface area contributed by atoms with Gasteiger partial charge in [0, 0.05) is 0 Å². The topological polar surface area (TPSA) is 117 Å².